The van der Waals surface area contributed by atoms with E-state index in [1.54, 1.807) is 36.3 Å². The Labute approximate surface area is 139 Å². The summed E-state index contributed by atoms with van der Waals surface area (Å²) in [4.78, 5) is 20.1. The van der Waals surface area contributed by atoms with Crippen molar-refractivity contribution < 1.29 is 9.53 Å². The maximum absolute atomic E-state index is 11.9. The molecule has 3 aromatic rings. The fourth-order valence-electron chi connectivity index (χ4n) is 2.21. The first-order valence-corrected chi connectivity index (χ1v) is 7.58. The molecule has 0 saturated heterocycles. The van der Waals surface area contributed by atoms with Crippen LogP contribution < -0.4 is 5.32 Å². The van der Waals surface area contributed by atoms with E-state index >= 15 is 0 Å². The Hall–Kier alpha value is -3.22. The minimum atomic E-state index is -0.380. The van der Waals surface area contributed by atoms with Crippen LogP contribution in [0.2, 0.25) is 0 Å². The van der Waals surface area contributed by atoms with E-state index in [1.807, 2.05) is 24.3 Å². The first kappa shape index (κ1) is 15.7. The van der Waals surface area contributed by atoms with Gasteiger partial charge in [-0.05, 0) is 36.8 Å². The van der Waals surface area contributed by atoms with Gasteiger partial charge in [-0.25, -0.2) is 19.4 Å². The van der Waals surface area contributed by atoms with E-state index in [4.69, 9.17) is 4.74 Å². The summed E-state index contributed by atoms with van der Waals surface area (Å²) in [5.74, 6) is 0.130. The summed E-state index contributed by atoms with van der Waals surface area (Å²) in [5, 5.41) is 7.26. The predicted octanol–water partition coefficient (Wildman–Crippen LogP) is 2.45. The number of nitrogens with zero attached hydrogens (tertiary/aromatic N) is 4. The van der Waals surface area contributed by atoms with Crippen molar-refractivity contribution >= 4 is 11.8 Å². The highest BCUT2D eigenvalue weighted by Crippen LogP contribution is 2.15. The molecule has 1 aromatic carbocycles. The first-order chi connectivity index (χ1) is 11.8. The van der Waals surface area contributed by atoms with Crippen molar-refractivity contribution in [2.45, 2.75) is 13.5 Å². The highest BCUT2D eigenvalue weighted by atomic mass is 16.5. The van der Waals surface area contributed by atoms with Gasteiger partial charge in [-0.15, -0.1) is 0 Å². The van der Waals surface area contributed by atoms with E-state index in [9.17, 15) is 4.79 Å². The van der Waals surface area contributed by atoms with Gasteiger partial charge in [-0.1, -0.05) is 12.1 Å². The molecule has 0 aliphatic heterocycles. The summed E-state index contributed by atoms with van der Waals surface area (Å²) < 4.78 is 6.73. The molecule has 0 saturated carbocycles. The van der Waals surface area contributed by atoms with Crippen LogP contribution in [0.15, 0.2) is 55.2 Å². The van der Waals surface area contributed by atoms with Crippen LogP contribution in [-0.4, -0.2) is 32.3 Å². The lowest BCUT2D eigenvalue weighted by molar-refractivity contribution is 0.0527. The molecule has 0 aliphatic rings. The SMILES string of the molecule is CCOC(=O)c1cccnc1NCc1ccc(-n2cncn2)cc1. The average molecular weight is 323 g/mol. The third-order valence-electron chi connectivity index (χ3n) is 3.38. The van der Waals surface area contributed by atoms with E-state index in [0.717, 1.165) is 11.3 Å². The molecule has 0 amide bonds. The zero-order chi connectivity index (χ0) is 16.8. The molecule has 0 unspecified atom stereocenters. The Morgan fingerprint density at radius 2 is 2.08 bits per heavy atom. The lowest BCUT2D eigenvalue weighted by atomic mass is 10.2. The molecule has 7 nitrogen and oxygen atoms in total. The Kier molecular flexibility index (Phi) is 4.81. The van der Waals surface area contributed by atoms with Crippen LogP contribution in [0, 0.1) is 0 Å². The number of carbonyl (C=O) groups excluding carboxylic acids is 1. The molecule has 1 N–H and O–H groups in total. The van der Waals surface area contributed by atoms with Gasteiger partial charge in [-0.2, -0.15) is 5.10 Å². The third-order valence-corrected chi connectivity index (χ3v) is 3.38. The number of hydrogen-bond donors (Lipinski definition) is 1. The molecule has 0 aliphatic carbocycles. The number of aromatic nitrogens is 4. The van der Waals surface area contributed by atoms with Gasteiger partial charge in [0.05, 0.1) is 12.3 Å². The fraction of sp³-hybridized carbons (Fsp3) is 0.176. The minimum Gasteiger partial charge on any atom is -0.462 e. The van der Waals surface area contributed by atoms with Gasteiger partial charge in [-0.3, -0.25) is 0 Å². The summed E-state index contributed by atoms with van der Waals surface area (Å²) in [6, 6.07) is 11.3. The molecule has 0 atom stereocenters. The predicted molar refractivity (Wildman–Crippen MR) is 88.9 cm³/mol. The van der Waals surface area contributed by atoms with E-state index in [2.05, 4.69) is 20.4 Å². The normalized spacial score (nSPS) is 10.4. The van der Waals surface area contributed by atoms with Gasteiger partial charge in [0, 0.05) is 12.7 Å². The Morgan fingerprint density at radius 1 is 1.25 bits per heavy atom. The Balaban J connectivity index is 1.69. The number of rotatable bonds is 6. The molecule has 0 radical (unpaired) electrons. The lowest BCUT2D eigenvalue weighted by Crippen LogP contribution is -2.11. The van der Waals surface area contributed by atoms with E-state index in [1.165, 1.54) is 6.33 Å². The molecule has 0 bridgehead atoms. The van der Waals surface area contributed by atoms with Crippen LogP contribution in [0.25, 0.3) is 5.69 Å². The quantitative estimate of drug-likeness (QED) is 0.702. The zero-order valence-corrected chi connectivity index (χ0v) is 13.2. The number of pyridine rings is 1. The number of hydrogen-bond acceptors (Lipinski definition) is 6. The van der Waals surface area contributed by atoms with Crippen LogP contribution in [0.3, 0.4) is 0 Å². The standard InChI is InChI=1S/C17H17N5O2/c1-2-24-17(23)15-4-3-9-19-16(15)20-10-13-5-7-14(8-6-13)22-12-18-11-21-22/h3-9,11-12H,2,10H2,1H3,(H,19,20). The van der Waals surface area contributed by atoms with Crippen molar-refractivity contribution in [3.8, 4) is 5.69 Å². The molecule has 0 fully saturated rings. The molecule has 0 spiro atoms. The molecular formula is C17H17N5O2. The van der Waals surface area contributed by atoms with Crippen molar-refractivity contribution in [2.75, 3.05) is 11.9 Å². The van der Waals surface area contributed by atoms with Crippen LogP contribution in [0.5, 0.6) is 0 Å². The largest absolute Gasteiger partial charge is 0.462 e. The van der Waals surface area contributed by atoms with E-state index < -0.39 is 0 Å². The molecule has 3 rings (SSSR count). The van der Waals surface area contributed by atoms with Crippen molar-refractivity contribution in [3.05, 3.63) is 66.4 Å². The molecule has 122 valence electrons. The summed E-state index contributed by atoms with van der Waals surface area (Å²) in [7, 11) is 0. The number of anilines is 1. The van der Waals surface area contributed by atoms with E-state index in [-0.39, 0.29) is 5.97 Å². The van der Waals surface area contributed by atoms with Crippen LogP contribution in [-0.2, 0) is 11.3 Å². The Morgan fingerprint density at radius 3 is 2.79 bits per heavy atom. The zero-order valence-electron chi connectivity index (χ0n) is 13.2. The van der Waals surface area contributed by atoms with Gasteiger partial charge in [0.1, 0.15) is 24.0 Å². The topological polar surface area (TPSA) is 81.9 Å². The third kappa shape index (κ3) is 3.57. The van der Waals surface area contributed by atoms with Gasteiger partial charge >= 0.3 is 5.97 Å². The molecule has 2 aromatic heterocycles. The maximum atomic E-state index is 11.9. The van der Waals surface area contributed by atoms with Gasteiger partial charge in [0.25, 0.3) is 0 Å². The second kappa shape index (κ2) is 7.36. The fourth-order valence-corrected chi connectivity index (χ4v) is 2.21. The maximum Gasteiger partial charge on any atom is 0.341 e. The Bertz CT molecular complexity index is 800. The number of esters is 1. The van der Waals surface area contributed by atoms with Gasteiger partial charge < -0.3 is 10.1 Å². The van der Waals surface area contributed by atoms with Crippen molar-refractivity contribution in [3.63, 3.8) is 0 Å². The van der Waals surface area contributed by atoms with Gasteiger partial charge in [0.15, 0.2) is 0 Å². The first-order valence-electron chi connectivity index (χ1n) is 7.58. The second-order valence-corrected chi connectivity index (χ2v) is 4.98. The molecule has 2 heterocycles. The number of benzene rings is 1. The summed E-state index contributed by atoms with van der Waals surface area (Å²) in [6.07, 6.45) is 4.78. The van der Waals surface area contributed by atoms with Crippen molar-refractivity contribution in [1.29, 1.82) is 0 Å². The van der Waals surface area contributed by atoms with Crippen LogP contribution >= 0.6 is 0 Å². The summed E-state index contributed by atoms with van der Waals surface area (Å²) in [6.45, 7) is 2.65. The van der Waals surface area contributed by atoms with E-state index in [0.29, 0.717) is 24.5 Å². The highest BCUT2D eigenvalue weighted by Gasteiger charge is 2.12. The molecule has 24 heavy (non-hydrogen) atoms. The highest BCUT2D eigenvalue weighted by molar-refractivity contribution is 5.94. The van der Waals surface area contributed by atoms with Crippen LogP contribution in [0.4, 0.5) is 5.82 Å². The molecular weight excluding hydrogens is 306 g/mol. The smallest absolute Gasteiger partial charge is 0.341 e. The summed E-state index contributed by atoms with van der Waals surface area (Å²) in [5.41, 5.74) is 2.42. The van der Waals surface area contributed by atoms with Gasteiger partial charge in [0.2, 0.25) is 0 Å². The lowest BCUT2D eigenvalue weighted by Gasteiger charge is -2.10. The number of nitrogens with one attached hydrogen (secondary N) is 1. The minimum absolute atomic E-state index is 0.330. The average Bonchev–Trinajstić information content (AvgIpc) is 3.15. The van der Waals surface area contributed by atoms with Crippen molar-refractivity contribution in [2.24, 2.45) is 0 Å². The monoisotopic (exact) mass is 323 g/mol. The van der Waals surface area contributed by atoms with Crippen molar-refractivity contribution in [1.82, 2.24) is 19.7 Å². The summed E-state index contributed by atoms with van der Waals surface area (Å²) >= 11 is 0. The van der Waals surface area contributed by atoms with Crippen LogP contribution in [0.1, 0.15) is 22.8 Å². The second-order valence-electron chi connectivity index (χ2n) is 4.98. The number of ether oxygens (including phenoxy) is 1. The molecule has 7 heteroatoms. The number of carbonyl (C=O) groups is 1.